The van der Waals surface area contributed by atoms with Crippen LogP contribution in [-0.2, 0) is 18.3 Å². The zero-order valence-electron chi connectivity index (χ0n) is 13.6. The lowest BCUT2D eigenvalue weighted by Gasteiger charge is -2.04. The van der Waals surface area contributed by atoms with Gasteiger partial charge in [-0.1, -0.05) is 42.2 Å². The van der Waals surface area contributed by atoms with Crippen molar-refractivity contribution in [1.29, 1.82) is 0 Å². The van der Waals surface area contributed by atoms with E-state index >= 15 is 0 Å². The molecule has 0 atom stereocenters. The van der Waals surface area contributed by atoms with Crippen molar-refractivity contribution in [3.05, 3.63) is 35.1 Å². The minimum absolute atomic E-state index is 0.163. The van der Waals surface area contributed by atoms with Crippen molar-refractivity contribution in [3.63, 3.8) is 0 Å². The number of nitrogens with one attached hydrogen (secondary N) is 1. The van der Waals surface area contributed by atoms with Crippen LogP contribution in [0.3, 0.4) is 0 Å². The molecule has 1 N–H and O–H groups in total. The van der Waals surface area contributed by atoms with E-state index in [9.17, 15) is 9.18 Å². The molecule has 0 unspecified atom stereocenters. The first-order valence-electron chi connectivity index (χ1n) is 7.47. The van der Waals surface area contributed by atoms with Gasteiger partial charge in [0.05, 0.1) is 5.75 Å². The summed E-state index contributed by atoms with van der Waals surface area (Å²) in [7, 11) is 1.78. The molecule has 130 valence electrons. The molecule has 0 saturated heterocycles. The Balaban J connectivity index is 1.63. The van der Waals surface area contributed by atoms with Crippen LogP contribution in [0, 0.1) is 5.82 Å². The van der Waals surface area contributed by atoms with E-state index in [1.165, 1.54) is 35.2 Å². The lowest BCUT2D eigenvalue weighted by molar-refractivity contribution is -0.113. The number of carbonyl (C=O) groups is 1. The summed E-state index contributed by atoms with van der Waals surface area (Å²) in [5.41, 5.74) is 0.632. The number of aromatic nitrogens is 5. The first-order valence-corrected chi connectivity index (χ1v) is 9.27. The molecule has 0 aliphatic heterocycles. The van der Waals surface area contributed by atoms with Gasteiger partial charge < -0.3 is 4.57 Å². The summed E-state index contributed by atoms with van der Waals surface area (Å²) in [5, 5.41) is 20.6. The quantitative estimate of drug-likeness (QED) is 0.664. The highest BCUT2D eigenvalue weighted by Gasteiger charge is 2.14. The third-order valence-corrected chi connectivity index (χ3v) is 5.27. The average Bonchev–Trinajstić information content (AvgIpc) is 3.19. The van der Waals surface area contributed by atoms with E-state index in [-0.39, 0.29) is 17.5 Å². The zero-order chi connectivity index (χ0) is 17.8. The molecule has 0 aliphatic rings. The molecule has 0 aliphatic carbocycles. The molecule has 1 amide bonds. The van der Waals surface area contributed by atoms with Crippen molar-refractivity contribution >= 4 is 34.1 Å². The van der Waals surface area contributed by atoms with Gasteiger partial charge in [-0.15, -0.1) is 20.4 Å². The van der Waals surface area contributed by atoms with Gasteiger partial charge in [0, 0.05) is 12.6 Å². The number of nitrogens with zero attached hydrogens (tertiary/aromatic N) is 5. The molecule has 2 heterocycles. The Morgan fingerprint density at radius 2 is 2.16 bits per heavy atom. The molecule has 2 aromatic heterocycles. The molecule has 1 aromatic carbocycles. The molecular weight excluding hydrogens is 363 g/mol. The Bertz CT molecular complexity index is 894. The smallest absolute Gasteiger partial charge is 0.236 e. The Morgan fingerprint density at radius 3 is 2.88 bits per heavy atom. The van der Waals surface area contributed by atoms with Crippen molar-refractivity contribution in [2.24, 2.45) is 7.05 Å². The number of rotatable bonds is 6. The zero-order valence-corrected chi connectivity index (χ0v) is 15.2. The van der Waals surface area contributed by atoms with E-state index in [1.807, 2.05) is 6.92 Å². The first-order chi connectivity index (χ1) is 12.1. The molecule has 0 saturated carbocycles. The standard InChI is InChI=1S/C15H15FN6OS2/c1-3-12-18-20-14(25-12)17-11(23)8-24-15-21-19-13(22(15)2)9-5-4-6-10(16)7-9/h4-7H,3,8H2,1-2H3,(H,17,20,23). The van der Waals surface area contributed by atoms with Crippen LogP contribution >= 0.6 is 23.1 Å². The lowest BCUT2D eigenvalue weighted by atomic mass is 10.2. The van der Waals surface area contributed by atoms with Crippen LogP contribution in [0.5, 0.6) is 0 Å². The number of halogens is 1. The Hall–Kier alpha value is -2.33. The normalized spacial score (nSPS) is 10.8. The fourth-order valence-electron chi connectivity index (χ4n) is 2.05. The second-order valence-corrected chi connectivity index (χ2v) is 7.07. The molecule has 0 spiro atoms. The highest BCUT2D eigenvalue weighted by Crippen LogP contribution is 2.23. The maximum Gasteiger partial charge on any atom is 0.236 e. The van der Waals surface area contributed by atoms with Crippen molar-refractivity contribution < 1.29 is 9.18 Å². The second kappa shape index (κ2) is 7.70. The predicted molar refractivity (Wildman–Crippen MR) is 95.0 cm³/mol. The number of hydrogen-bond acceptors (Lipinski definition) is 7. The molecule has 0 fully saturated rings. The van der Waals surface area contributed by atoms with Gasteiger partial charge in [-0.2, -0.15) is 0 Å². The summed E-state index contributed by atoms with van der Waals surface area (Å²) in [6, 6.07) is 6.14. The summed E-state index contributed by atoms with van der Waals surface area (Å²) in [5.74, 6) is 0.173. The number of aryl methyl sites for hydroxylation is 1. The number of anilines is 1. The summed E-state index contributed by atoms with van der Waals surface area (Å²) in [6.45, 7) is 1.98. The SMILES string of the molecule is CCc1nnc(NC(=O)CSc2nnc(-c3cccc(F)c3)n2C)s1. The van der Waals surface area contributed by atoms with Crippen molar-refractivity contribution in [2.45, 2.75) is 18.5 Å². The van der Waals surface area contributed by atoms with Crippen LogP contribution in [0.15, 0.2) is 29.4 Å². The maximum absolute atomic E-state index is 13.4. The van der Waals surface area contributed by atoms with Gasteiger partial charge in [-0.05, 0) is 18.6 Å². The van der Waals surface area contributed by atoms with E-state index in [0.29, 0.717) is 21.7 Å². The Kier molecular flexibility index (Phi) is 5.39. The third kappa shape index (κ3) is 4.20. The van der Waals surface area contributed by atoms with Crippen molar-refractivity contribution in [1.82, 2.24) is 25.0 Å². The number of thioether (sulfide) groups is 1. The van der Waals surface area contributed by atoms with Gasteiger partial charge in [0.15, 0.2) is 11.0 Å². The fourth-order valence-corrected chi connectivity index (χ4v) is 3.46. The highest BCUT2D eigenvalue weighted by molar-refractivity contribution is 7.99. The van der Waals surface area contributed by atoms with Crippen molar-refractivity contribution in [3.8, 4) is 11.4 Å². The summed E-state index contributed by atoms with van der Waals surface area (Å²) in [6.07, 6.45) is 0.782. The van der Waals surface area contributed by atoms with Crippen LogP contribution in [-0.4, -0.2) is 36.6 Å². The predicted octanol–water partition coefficient (Wildman–Crippen LogP) is 2.77. The minimum atomic E-state index is -0.336. The summed E-state index contributed by atoms with van der Waals surface area (Å²) >= 11 is 2.60. The average molecular weight is 378 g/mol. The first kappa shape index (κ1) is 17.5. The summed E-state index contributed by atoms with van der Waals surface area (Å²) in [4.78, 5) is 12.0. The fraction of sp³-hybridized carbons (Fsp3) is 0.267. The number of carbonyl (C=O) groups excluding carboxylic acids is 1. The van der Waals surface area contributed by atoms with E-state index in [2.05, 4.69) is 25.7 Å². The molecule has 3 rings (SSSR count). The highest BCUT2D eigenvalue weighted by atomic mass is 32.2. The van der Waals surface area contributed by atoms with Gasteiger partial charge in [-0.25, -0.2) is 4.39 Å². The van der Waals surface area contributed by atoms with Crippen LogP contribution < -0.4 is 5.32 Å². The van der Waals surface area contributed by atoms with Crippen LogP contribution in [0.2, 0.25) is 0 Å². The minimum Gasteiger partial charge on any atom is -0.305 e. The lowest BCUT2D eigenvalue weighted by Crippen LogP contribution is -2.14. The van der Waals surface area contributed by atoms with Gasteiger partial charge in [-0.3, -0.25) is 10.1 Å². The number of hydrogen-bond donors (Lipinski definition) is 1. The van der Waals surface area contributed by atoms with Gasteiger partial charge >= 0.3 is 0 Å². The second-order valence-electron chi connectivity index (χ2n) is 5.07. The van der Waals surface area contributed by atoms with E-state index < -0.39 is 0 Å². The Morgan fingerprint density at radius 1 is 1.32 bits per heavy atom. The van der Waals surface area contributed by atoms with Crippen molar-refractivity contribution in [2.75, 3.05) is 11.1 Å². The van der Waals surface area contributed by atoms with E-state index in [0.717, 1.165) is 11.4 Å². The molecule has 0 radical (unpaired) electrons. The van der Waals surface area contributed by atoms with Gasteiger partial charge in [0.25, 0.3) is 0 Å². The van der Waals surface area contributed by atoms with Gasteiger partial charge in [0.1, 0.15) is 10.8 Å². The van der Waals surface area contributed by atoms with Gasteiger partial charge in [0.2, 0.25) is 11.0 Å². The third-order valence-electron chi connectivity index (χ3n) is 3.27. The molecule has 7 nitrogen and oxygen atoms in total. The maximum atomic E-state index is 13.4. The monoisotopic (exact) mass is 378 g/mol. The largest absolute Gasteiger partial charge is 0.305 e. The van der Waals surface area contributed by atoms with E-state index in [4.69, 9.17) is 0 Å². The number of amides is 1. The topological polar surface area (TPSA) is 85.6 Å². The Labute approximate surface area is 151 Å². The van der Waals surface area contributed by atoms with Crippen LogP contribution in [0.1, 0.15) is 11.9 Å². The van der Waals surface area contributed by atoms with Crippen LogP contribution in [0.4, 0.5) is 9.52 Å². The molecule has 0 bridgehead atoms. The van der Waals surface area contributed by atoms with Crippen LogP contribution in [0.25, 0.3) is 11.4 Å². The molecule has 25 heavy (non-hydrogen) atoms. The molecule has 3 aromatic rings. The molecular formula is C15H15FN6OS2. The van der Waals surface area contributed by atoms with E-state index in [1.54, 1.807) is 23.7 Å². The molecule has 10 heteroatoms. The summed E-state index contributed by atoms with van der Waals surface area (Å²) < 4.78 is 15.1. The number of benzene rings is 1.